The minimum Gasteiger partial charge on any atom is -0.504 e. The number of likely N-dealkylation sites (tertiary alicyclic amines) is 1. The van der Waals surface area contributed by atoms with E-state index in [1.165, 1.54) is 11.1 Å². The van der Waals surface area contributed by atoms with Crippen LogP contribution in [0.15, 0.2) is 43.0 Å². The lowest BCUT2D eigenvalue weighted by molar-refractivity contribution is -0.234. The fraction of sp³-hybridized carbons (Fsp3) is 0.516. The molecule has 2 aliphatic heterocycles. The average molecular weight is 519 g/mol. The third kappa shape index (κ3) is 3.28. The summed E-state index contributed by atoms with van der Waals surface area (Å²) in [5, 5.41) is 35.2. The number of aryl methyl sites for hydroxylation is 3. The number of aliphatic hydroxyl groups excluding tert-OH is 1. The summed E-state index contributed by atoms with van der Waals surface area (Å²) in [5.41, 5.74) is 2.90. The molecular formula is C31H38N2O5. The zero-order chi connectivity index (χ0) is 27.0. The van der Waals surface area contributed by atoms with E-state index in [2.05, 4.69) is 43.5 Å². The summed E-state index contributed by atoms with van der Waals surface area (Å²) in [5.74, 6) is 0.366. The van der Waals surface area contributed by atoms with Gasteiger partial charge in [0, 0.05) is 38.2 Å². The summed E-state index contributed by atoms with van der Waals surface area (Å²) in [6, 6.07) is 9.27. The fourth-order valence-corrected chi connectivity index (χ4v) is 8.01. The van der Waals surface area contributed by atoms with Gasteiger partial charge in [0.25, 0.3) is 0 Å². The summed E-state index contributed by atoms with van der Waals surface area (Å²) in [6.45, 7) is 8.98. The lowest BCUT2D eigenvalue weighted by Crippen LogP contribution is -2.82. The number of ether oxygens (including phenoxy) is 1. The quantitative estimate of drug-likeness (QED) is 0.510. The van der Waals surface area contributed by atoms with Crippen molar-refractivity contribution >= 4 is 5.91 Å². The number of nitrogens with zero attached hydrogens (tertiary/aromatic N) is 2. The molecule has 1 saturated carbocycles. The number of phenolic OH excluding ortho intramolecular Hbond substituents is 1. The predicted octanol–water partition coefficient (Wildman–Crippen LogP) is 2.78. The number of phenols is 1. The first-order valence-corrected chi connectivity index (χ1v) is 13.7. The van der Waals surface area contributed by atoms with Gasteiger partial charge in [-0.2, -0.15) is 0 Å². The van der Waals surface area contributed by atoms with Crippen molar-refractivity contribution in [3.8, 4) is 11.5 Å². The Morgan fingerprint density at radius 1 is 1.26 bits per heavy atom. The Labute approximate surface area is 224 Å². The Morgan fingerprint density at radius 3 is 2.79 bits per heavy atom. The smallest absolute Gasteiger partial charge is 0.223 e. The highest BCUT2D eigenvalue weighted by Gasteiger charge is 2.76. The van der Waals surface area contributed by atoms with Crippen LogP contribution in [0.25, 0.3) is 0 Å². The second kappa shape index (κ2) is 8.83. The van der Waals surface area contributed by atoms with Crippen molar-refractivity contribution in [2.24, 2.45) is 0 Å². The topological polar surface area (TPSA) is 93.5 Å². The average Bonchev–Trinajstić information content (AvgIpc) is 3.26. The minimum absolute atomic E-state index is 0.00464. The highest BCUT2D eigenvalue weighted by atomic mass is 16.5. The van der Waals surface area contributed by atoms with Crippen molar-refractivity contribution < 1.29 is 24.9 Å². The number of benzene rings is 2. The number of rotatable bonds is 6. The van der Waals surface area contributed by atoms with Crippen LogP contribution in [0.4, 0.5) is 0 Å². The zero-order valence-electron chi connectivity index (χ0n) is 22.5. The Bertz CT molecular complexity index is 1310. The third-order valence-electron chi connectivity index (χ3n) is 10.0. The molecule has 3 N–H and O–H groups in total. The first kappa shape index (κ1) is 25.4. The molecule has 1 saturated heterocycles. The van der Waals surface area contributed by atoms with E-state index in [0.29, 0.717) is 50.9 Å². The first-order valence-electron chi connectivity index (χ1n) is 13.7. The molecule has 2 heterocycles. The lowest BCUT2D eigenvalue weighted by Gasteiger charge is -2.66. The van der Waals surface area contributed by atoms with Crippen molar-refractivity contribution in [2.75, 3.05) is 20.1 Å². The molecule has 4 aliphatic rings. The molecule has 6 rings (SSSR count). The summed E-state index contributed by atoms with van der Waals surface area (Å²) in [4.78, 5) is 17.4. The summed E-state index contributed by atoms with van der Waals surface area (Å²) >= 11 is 0. The number of aromatic hydroxyl groups is 1. The number of carbonyl (C=O) groups excluding carboxylic acids is 1. The normalized spacial score (nSPS) is 32.9. The molecule has 7 heteroatoms. The van der Waals surface area contributed by atoms with Gasteiger partial charge in [0.1, 0.15) is 6.10 Å². The highest BCUT2D eigenvalue weighted by Crippen LogP contribution is 2.65. The molecule has 3 unspecified atom stereocenters. The van der Waals surface area contributed by atoms with Gasteiger partial charge >= 0.3 is 0 Å². The van der Waals surface area contributed by atoms with E-state index in [9.17, 15) is 20.1 Å². The molecule has 2 aromatic rings. The molecule has 1 amide bonds. The molecule has 2 fully saturated rings. The molecule has 0 radical (unpaired) electrons. The molecular weight excluding hydrogens is 480 g/mol. The van der Waals surface area contributed by atoms with Gasteiger partial charge in [-0.1, -0.05) is 30.3 Å². The number of piperidine rings is 1. The summed E-state index contributed by atoms with van der Waals surface area (Å²) in [6.07, 6.45) is 2.79. The Balaban J connectivity index is 1.35. The second-order valence-corrected chi connectivity index (χ2v) is 11.8. The van der Waals surface area contributed by atoms with Gasteiger partial charge in [0.2, 0.25) is 5.91 Å². The number of aliphatic hydroxyl groups is 2. The Kier molecular flexibility index (Phi) is 5.91. The summed E-state index contributed by atoms with van der Waals surface area (Å²) in [7, 11) is 1.81. The van der Waals surface area contributed by atoms with Gasteiger partial charge in [-0.3, -0.25) is 9.69 Å². The van der Waals surface area contributed by atoms with Crippen LogP contribution >= 0.6 is 0 Å². The molecule has 1 spiro atoms. The van der Waals surface area contributed by atoms with Crippen LogP contribution in [0, 0.1) is 13.8 Å². The van der Waals surface area contributed by atoms with Crippen LogP contribution in [0.3, 0.4) is 0 Å². The van der Waals surface area contributed by atoms with Crippen molar-refractivity contribution in [3.63, 3.8) is 0 Å². The van der Waals surface area contributed by atoms with Crippen LogP contribution in [0.2, 0.25) is 0 Å². The number of β-amino-alcohol motifs (C(OH)–C–C–N with tert-alkyl or cyclic N) is 1. The molecule has 6 atom stereocenters. The van der Waals surface area contributed by atoms with Crippen molar-refractivity contribution in [3.05, 3.63) is 70.8 Å². The van der Waals surface area contributed by atoms with E-state index < -0.39 is 23.2 Å². The van der Waals surface area contributed by atoms with Crippen LogP contribution < -0.4 is 4.74 Å². The zero-order valence-corrected chi connectivity index (χ0v) is 22.5. The standard InChI is InChI=1S/C31H38N2O5/c1-5-14-33-17-25(35)31-27-21-9-10-23(34)28(27)38-29(31)22(12-13-30(31,37)24(33)16-21)32(4)26(36)11-8-20-7-6-18(2)19(3)15-20/h5-7,9-10,15,22,24-25,29,34-35,37H,1,8,11-14,16-17H2,2-4H3/t22?,24-,25?,29?,30-,31+/m1/s1. The van der Waals surface area contributed by atoms with Gasteiger partial charge in [0.15, 0.2) is 11.5 Å². The summed E-state index contributed by atoms with van der Waals surface area (Å²) < 4.78 is 6.51. The number of carbonyl (C=O) groups is 1. The lowest BCUT2D eigenvalue weighted by atomic mass is 9.47. The molecule has 0 aromatic heterocycles. The number of hydrogen-bond acceptors (Lipinski definition) is 6. The molecule has 2 aromatic carbocycles. The predicted molar refractivity (Wildman–Crippen MR) is 144 cm³/mol. The maximum absolute atomic E-state index is 13.5. The third-order valence-corrected chi connectivity index (χ3v) is 10.0. The van der Waals surface area contributed by atoms with E-state index in [-0.39, 0.29) is 23.7 Å². The number of hydrogen-bond donors (Lipinski definition) is 3. The van der Waals surface area contributed by atoms with E-state index >= 15 is 0 Å². The van der Waals surface area contributed by atoms with Crippen molar-refractivity contribution in [2.45, 2.75) is 81.3 Å². The maximum atomic E-state index is 13.5. The van der Waals surface area contributed by atoms with Crippen LogP contribution in [0.5, 0.6) is 11.5 Å². The van der Waals surface area contributed by atoms with Crippen LogP contribution in [-0.2, 0) is 23.1 Å². The van der Waals surface area contributed by atoms with Gasteiger partial charge in [-0.25, -0.2) is 0 Å². The first-order chi connectivity index (χ1) is 18.1. The molecule has 202 valence electrons. The van der Waals surface area contributed by atoms with E-state index in [1.54, 1.807) is 18.0 Å². The van der Waals surface area contributed by atoms with Gasteiger partial charge < -0.3 is 25.0 Å². The largest absolute Gasteiger partial charge is 0.504 e. The second-order valence-electron chi connectivity index (χ2n) is 11.8. The van der Waals surface area contributed by atoms with Crippen LogP contribution in [-0.4, -0.2) is 81.1 Å². The van der Waals surface area contributed by atoms with Crippen molar-refractivity contribution in [1.82, 2.24) is 9.80 Å². The monoisotopic (exact) mass is 518 g/mol. The number of likely N-dealkylation sites (N-methyl/N-ethyl adjacent to an activating group) is 1. The van der Waals surface area contributed by atoms with E-state index in [4.69, 9.17) is 4.74 Å². The maximum Gasteiger partial charge on any atom is 0.223 e. The molecule has 2 bridgehead atoms. The molecule has 38 heavy (non-hydrogen) atoms. The van der Waals surface area contributed by atoms with E-state index in [1.807, 2.05) is 12.1 Å². The Hall–Kier alpha value is -2.87. The van der Waals surface area contributed by atoms with Crippen molar-refractivity contribution in [1.29, 1.82) is 0 Å². The highest BCUT2D eigenvalue weighted by molar-refractivity contribution is 5.77. The SMILES string of the molecule is C=CCN1CC(O)[C@]23c4c5ccc(O)c4OC2C(N(C)C(=O)CCc2ccc(C)c(C)c2)CC[C@@]3(O)[C@H]1C5. The molecule has 7 nitrogen and oxygen atoms in total. The van der Waals surface area contributed by atoms with Gasteiger partial charge in [-0.05, 0) is 67.9 Å². The van der Waals surface area contributed by atoms with Crippen LogP contribution in [0.1, 0.15) is 47.1 Å². The minimum atomic E-state index is -1.26. The van der Waals surface area contributed by atoms with Gasteiger partial charge in [-0.15, -0.1) is 6.58 Å². The molecule has 2 aliphatic carbocycles. The fourth-order valence-electron chi connectivity index (χ4n) is 8.01. The Morgan fingerprint density at radius 2 is 2.05 bits per heavy atom. The van der Waals surface area contributed by atoms with Gasteiger partial charge in [0.05, 0.1) is 23.2 Å². The van der Waals surface area contributed by atoms with E-state index in [0.717, 1.165) is 16.7 Å². The number of amides is 1.